The van der Waals surface area contributed by atoms with E-state index in [0.717, 1.165) is 11.6 Å². The number of halogens is 3. The minimum absolute atomic E-state index is 0.0490. The first-order valence-corrected chi connectivity index (χ1v) is 5.99. The Hall–Kier alpha value is -2.24. The van der Waals surface area contributed by atoms with E-state index in [2.05, 4.69) is 10.3 Å². The average molecular weight is 281 g/mol. The highest BCUT2D eigenvalue weighted by atomic mass is 19.4. The maximum atomic E-state index is 12.8. The van der Waals surface area contributed by atoms with Gasteiger partial charge < -0.3 is 11.1 Å². The molecule has 1 heterocycles. The van der Waals surface area contributed by atoms with E-state index in [4.69, 9.17) is 5.73 Å². The molecular weight excluding hydrogens is 267 g/mol. The van der Waals surface area contributed by atoms with Crippen molar-refractivity contribution in [2.24, 2.45) is 0 Å². The Morgan fingerprint density at radius 2 is 1.95 bits per heavy atom. The first-order chi connectivity index (χ1) is 9.38. The Morgan fingerprint density at radius 1 is 1.25 bits per heavy atom. The van der Waals surface area contributed by atoms with E-state index in [9.17, 15) is 13.2 Å². The molecule has 20 heavy (non-hydrogen) atoms. The fourth-order valence-corrected chi connectivity index (χ4v) is 1.91. The minimum Gasteiger partial charge on any atom is -0.397 e. The van der Waals surface area contributed by atoms with Crippen molar-refractivity contribution in [1.29, 1.82) is 0 Å². The second kappa shape index (κ2) is 5.40. The molecule has 0 radical (unpaired) electrons. The van der Waals surface area contributed by atoms with Crippen LogP contribution >= 0.6 is 0 Å². The van der Waals surface area contributed by atoms with E-state index in [1.165, 1.54) is 18.3 Å². The highest BCUT2D eigenvalue weighted by Gasteiger charge is 2.32. The van der Waals surface area contributed by atoms with Crippen LogP contribution in [0.25, 0.3) is 0 Å². The first-order valence-electron chi connectivity index (χ1n) is 5.99. The number of nitrogen functional groups attached to an aromatic ring is 1. The third kappa shape index (κ3) is 3.20. The molecule has 0 atom stereocenters. The molecule has 0 aliphatic rings. The van der Waals surface area contributed by atoms with Crippen molar-refractivity contribution in [3.63, 3.8) is 0 Å². The SMILES string of the molecule is Cc1cc(N)cnc1NCc1ccccc1C(F)(F)F. The maximum absolute atomic E-state index is 12.8. The molecule has 106 valence electrons. The number of nitrogens with two attached hydrogens (primary N) is 1. The Labute approximate surface area is 114 Å². The van der Waals surface area contributed by atoms with Crippen LogP contribution in [0, 0.1) is 6.92 Å². The van der Waals surface area contributed by atoms with Crippen molar-refractivity contribution in [2.75, 3.05) is 11.1 Å². The second-order valence-corrected chi connectivity index (χ2v) is 4.44. The van der Waals surface area contributed by atoms with Gasteiger partial charge in [-0.2, -0.15) is 13.2 Å². The fourth-order valence-electron chi connectivity index (χ4n) is 1.91. The van der Waals surface area contributed by atoms with E-state index in [1.54, 1.807) is 19.1 Å². The van der Waals surface area contributed by atoms with Crippen molar-refractivity contribution in [1.82, 2.24) is 4.98 Å². The third-order valence-electron chi connectivity index (χ3n) is 2.87. The van der Waals surface area contributed by atoms with Crippen LogP contribution in [-0.4, -0.2) is 4.98 Å². The molecule has 0 saturated carbocycles. The number of benzene rings is 1. The summed E-state index contributed by atoms with van der Waals surface area (Å²) in [5, 5.41) is 2.90. The van der Waals surface area contributed by atoms with Gasteiger partial charge >= 0.3 is 6.18 Å². The van der Waals surface area contributed by atoms with Gasteiger partial charge in [-0.05, 0) is 30.2 Å². The largest absolute Gasteiger partial charge is 0.416 e. The van der Waals surface area contributed by atoms with Gasteiger partial charge in [-0.1, -0.05) is 18.2 Å². The van der Waals surface area contributed by atoms with Crippen molar-refractivity contribution in [3.8, 4) is 0 Å². The van der Waals surface area contributed by atoms with Crippen molar-refractivity contribution in [2.45, 2.75) is 19.6 Å². The predicted octanol–water partition coefficient (Wildman–Crippen LogP) is 3.60. The second-order valence-electron chi connectivity index (χ2n) is 4.44. The Kier molecular flexibility index (Phi) is 3.83. The smallest absolute Gasteiger partial charge is 0.397 e. The van der Waals surface area contributed by atoms with Crippen LogP contribution in [0.1, 0.15) is 16.7 Å². The van der Waals surface area contributed by atoms with Crippen LogP contribution in [0.3, 0.4) is 0 Å². The van der Waals surface area contributed by atoms with Crippen LogP contribution in [-0.2, 0) is 12.7 Å². The summed E-state index contributed by atoms with van der Waals surface area (Å²) < 4.78 is 38.5. The molecule has 1 aromatic carbocycles. The number of hydrogen-bond acceptors (Lipinski definition) is 3. The van der Waals surface area contributed by atoms with E-state index in [-0.39, 0.29) is 12.1 Å². The van der Waals surface area contributed by atoms with Gasteiger partial charge in [0.1, 0.15) is 5.82 Å². The van der Waals surface area contributed by atoms with Gasteiger partial charge in [0.25, 0.3) is 0 Å². The Balaban J connectivity index is 2.19. The van der Waals surface area contributed by atoms with Gasteiger partial charge in [0, 0.05) is 6.54 Å². The number of rotatable bonds is 3. The molecule has 0 aliphatic heterocycles. The van der Waals surface area contributed by atoms with E-state index in [0.29, 0.717) is 11.5 Å². The Morgan fingerprint density at radius 3 is 2.60 bits per heavy atom. The van der Waals surface area contributed by atoms with Crippen molar-refractivity contribution < 1.29 is 13.2 Å². The molecule has 0 unspecified atom stereocenters. The van der Waals surface area contributed by atoms with E-state index in [1.807, 2.05) is 0 Å². The van der Waals surface area contributed by atoms with Crippen molar-refractivity contribution >= 4 is 11.5 Å². The van der Waals surface area contributed by atoms with Crippen LogP contribution < -0.4 is 11.1 Å². The predicted molar refractivity (Wildman–Crippen MR) is 72.2 cm³/mol. The lowest BCUT2D eigenvalue weighted by Gasteiger charge is -2.14. The minimum atomic E-state index is -4.36. The standard InChI is InChI=1S/C14H14F3N3/c1-9-6-11(18)8-20-13(9)19-7-10-4-2-3-5-12(10)14(15,16)17/h2-6,8H,7,18H2,1H3,(H,19,20). The van der Waals surface area contributed by atoms with Crippen LogP contribution in [0.5, 0.6) is 0 Å². The van der Waals surface area contributed by atoms with Gasteiger partial charge in [0.15, 0.2) is 0 Å². The molecule has 0 fully saturated rings. The molecule has 2 rings (SSSR count). The molecule has 0 amide bonds. The molecule has 0 bridgehead atoms. The van der Waals surface area contributed by atoms with Gasteiger partial charge in [-0.25, -0.2) is 4.98 Å². The maximum Gasteiger partial charge on any atom is 0.416 e. The van der Waals surface area contributed by atoms with Crippen LogP contribution in [0.2, 0.25) is 0 Å². The van der Waals surface area contributed by atoms with Gasteiger partial charge in [-0.3, -0.25) is 0 Å². The zero-order valence-corrected chi connectivity index (χ0v) is 10.8. The molecule has 2 aromatic rings. The summed E-state index contributed by atoms with van der Waals surface area (Å²) in [6.07, 6.45) is -2.90. The monoisotopic (exact) mass is 281 g/mol. The van der Waals surface area contributed by atoms with Crippen LogP contribution in [0.4, 0.5) is 24.7 Å². The molecule has 6 heteroatoms. The quantitative estimate of drug-likeness (QED) is 0.903. The number of nitrogens with zero attached hydrogens (tertiary/aromatic N) is 1. The van der Waals surface area contributed by atoms with Gasteiger partial charge in [-0.15, -0.1) is 0 Å². The van der Waals surface area contributed by atoms with Crippen molar-refractivity contribution in [3.05, 3.63) is 53.2 Å². The highest BCUT2D eigenvalue weighted by Crippen LogP contribution is 2.32. The number of alkyl halides is 3. The van der Waals surface area contributed by atoms with Gasteiger partial charge in [0.05, 0.1) is 17.4 Å². The summed E-state index contributed by atoms with van der Waals surface area (Å²) in [5.74, 6) is 0.524. The molecule has 3 nitrogen and oxygen atoms in total. The summed E-state index contributed by atoms with van der Waals surface area (Å²) in [7, 11) is 0. The summed E-state index contributed by atoms with van der Waals surface area (Å²) >= 11 is 0. The topological polar surface area (TPSA) is 50.9 Å². The summed E-state index contributed by atoms with van der Waals surface area (Å²) in [4.78, 5) is 4.07. The summed E-state index contributed by atoms with van der Waals surface area (Å²) in [6.45, 7) is 1.84. The average Bonchev–Trinajstić information content (AvgIpc) is 2.37. The van der Waals surface area contributed by atoms with E-state index >= 15 is 0 Å². The highest BCUT2D eigenvalue weighted by molar-refractivity contribution is 5.51. The molecule has 0 saturated heterocycles. The number of aromatic nitrogens is 1. The Bertz CT molecular complexity index is 609. The molecule has 0 spiro atoms. The number of aryl methyl sites for hydroxylation is 1. The van der Waals surface area contributed by atoms with Crippen LogP contribution in [0.15, 0.2) is 36.5 Å². The number of anilines is 2. The zero-order chi connectivity index (χ0) is 14.8. The molecular formula is C14H14F3N3. The normalized spacial score (nSPS) is 11.4. The lowest BCUT2D eigenvalue weighted by Crippen LogP contribution is -2.12. The third-order valence-corrected chi connectivity index (χ3v) is 2.87. The summed E-state index contributed by atoms with van der Waals surface area (Å²) in [6, 6.07) is 7.18. The number of pyridine rings is 1. The summed E-state index contributed by atoms with van der Waals surface area (Å²) in [5.41, 5.74) is 6.42. The number of hydrogen-bond donors (Lipinski definition) is 2. The molecule has 1 aromatic heterocycles. The first kappa shape index (κ1) is 14.2. The number of nitrogens with one attached hydrogen (secondary N) is 1. The lowest BCUT2D eigenvalue weighted by molar-refractivity contribution is -0.138. The molecule has 0 aliphatic carbocycles. The van der Waals surface area contributed by atoms with Gasteiger partial charge in [0.2, 0.25) is 0 Å². The molecule has 3 N–H and O–H groups in total. The fraction of sp³-hybridized carbons (Fsp3) is 0.214. The zero-order valence-electron chi connectivity index (χ0n) is 10.8. The lowest BCUT2D eigenvalue weighted by atomic mass is 10.1. The van der Waals surface area contributed by atoms with E-state index < -0.39 is 11.7 Å².